The van der Waals surface area contributed by atoms with Crippen molar-refractivity contribution in [3.63, 3.8) is 0 Å². The van der Waals surface area contributed by atoms with Crippen LogP contribution in [0.2, 0.25) is 0 Å². The third-order valence-corrected chi connectivity index (χ3v) is 1.71. The first-order valence-corrected chi connectivity index (χ1v) is 3.85. The zero-order valence-corrected chi connectivity index (χ0v) is 7.36. The minimum atomic E-state index is -1.50. The molecule has 0 radical (unpaired) electrons. The molecule has 1 aromatic heterocycles. The summed E-state index contributed by atoms with van der Waals surface area (Å²) >= 11 is 0. The molecular weight excluding hydrogens is 167 g/mol. The topological polar surface area (TPSA) is 69.1 Å². The van der Waals surface area contributed by atoms with Crippen LogP contribution in [0, 0.1) is 6.92 Å². The molecule has 0 atom stereocenters. The summed E-state index contributed by atoms with van der Waals surface area (Å²) < 4.78 is 0. The highest BCUT2D eigenvalue weighted by Gasteiger charge is 2.11. The molecule has 5 heteroatoms. The van der Waals surface area contributed by atoms with Gasteiger partial charge in [0, 0.05) is 0 Å². The summed E-state index contributed by atoms with van der Waals surface area (Å²) in [6, 6.07) is 0. The highest BCUT2D eigenvalue weighted by Crippen LogP contribution is 2.09. The van der Waals surface area contributed by atoms with E-state index in [0.717, 1.165) is 11.3 Å². The van der Waals surface area contributed by atoms with Crippen molar-refractivity contribution in [1.82, 2.24) is 10.2 Å². The fourth-order valence-electron chi connectivity index (χ4n) is 0.908. The number of nitrogens with zero attached hydrogens (tertiary/aromatic N) is 1. The summed E-state index contributed by atoms with van der Waals surface area (Å²) in [6.45, 7) is 5.34. The van der Waals surface area contributed by atoms with E-state index in [9.17, 15) is 0 Å². The molecule has 1 aromatic rings. The highest BCUT2D eigenvalue weighted by molar-refractivity contribution is 6.53. The molecule has 0 saturated carbocycles. The van der Waals surface area contributed by atoms with Crippen molar-refractivity contribution in [3.8, 4) is 0 Å². The Hall–Kier alpha value is -1.33. The lowest BCUT2D eigenvalue weighted by molar-refractivity contribution is 0.421. The maximum Gasteiger partial charge on any atom is 0.488 e. The van der Waals surface area contributed by atoms with Crippen molar-refractivity contribution < 1.29 is 10.0 Å². The van der Waals surface area contributed by atoms with E-state index in [2.05, 4.69) is 16.8 Å². The maximum atomic E-state index is 8.88. The fourth-order valence-corrected chi connectivity index (χ4v) is 0.908. The maximum absolute atomic E-state index is 8.88. The van der Waals surface area contributed by atoms with Gasteiger partial charge in [0.15, 0.2) is 0 Å². The number of nitrogens with one attached hydrogen (secondary N) is 1. The van der Waals surface area contributed by atoms with Gasteiger partial charge in [0.05, 0.1) is 11.9 Å². The van der Waals surface area contributed by atoms with Gasteiger partial charge in [-0.3, -0.25) is 5.10 Å². The van der Waals surface area contributed by atoms with Crippen LogP contribution in [0.25, 0.3) is 6.08 Å². The molecule has 0 aromatic carbocycles. The van der Waals surface area contributed by atoms with E-state index in [4.69, 9.17) is 10.0 Å². The molecule has 68 valence electrons. The zero-order valence-electron chi connectivity index (χ0n) is 7.36. The molecule has 0 fully saturated rings. The second kappa shape index (κ2) is 4.07. The van der Waals surface area contributed by atoms with Crippen LogP contribution >= 0.6 is 0 Å². The summed E-state index contributed by atoms with van der Waals surface area (Å²) in [5.41, 5.74) is 2.04. The summed E-state index contributed by atoms with van der Waals surface area (Å²) in [5.74, 6) is 0. The van der Waals surface area contributed by atoms with Gasteiger partial charge in [-0.15, -0.1) is 0 Å². The minimum absolute atomic E-state index is 0.340. The first kappa shape index (κ1) is 9.76. The third kappa shape index (κ3) is 2.30. The number of allylic oxidation sites excluding steroid dienone is 2. The van der Waals surface area contributed by atoms with E-state index in [1.165, 1.54) is 6.08 Å². The fraction of sp³-hybridized carbons (Fsp3) is 0.125. The van der Waals surface area contributed by atoms with Gasteiger partial charge < -0.3 is 10.0 Å². The highest BCUT2D eigenvalue weighted by atomic mass is 16.4. The van der Waals surface area contributed by atoms with Crippen LogP contribution in [0.5, 0.6) is 0 Å². The van der Waals surface area contributed by atoms with Gasteiger partial charge in [0.25, 0.3) is 0 Å². The van der Waals surface area contributed by atoms with E-state index in [1.807, 2.05) is 6.92 Å². The lowest BCUT2D eigenvalue weighted by Gasteiger charge is -1.98. The lowest BCUT2D eigenvalue weighted by Crippen LogP contribution is -2.13. The number of hydrogen-bond acceptors (Lipinski definition) is 3. The van der Waals surface area contributed by atoms with Gasteiger partial charge in [0.1, 0.15) is 0 Å². The van der Waals surface area contributed by atoms with E-state index in [-0.39, 0.29) is 0 Å². The number of hydrogen-bond donors (Lipinski definition) is 3. The lowest BCUT2D eigenvalue weighted by atomic mass is 9.79. The molecule has 1 rings (SSSR count). The smallest absolute Gasteiger partial charge is 0.423 e. The summed E-state index contributed by atoms with van der Waals surface area (Å²) in [7, 11) is -1.50. The van der Waals surface area contributed by atoms with E-state index in [0.29, 0.717) is 5.47 Å². The number of H-pyrrole nitrogens is 1. The normalized spacial score (nSPS) is 11.5. The Morgan fingerprint density at radius 3 is 2.77 bits per heavy atom. The number of aromatic nitrogens is 2. The quantitative estimate of drug-likeness (QED) is 0.460. The first-order chi connectivity index (χ1) is 6.15. The monoisotopic (exact) mass is 178 g/mol. The molecule has 13 heavy (non-hydrogen) atoms. The Morgan fingerprint density at radius 1 is 1.69 bits per heavy atom. The van der Waals surface area contributed by atoms with Crippen molar-refractivity contribution in [2.45, 2.75) is 6.92 Å². The molecule has 3 N–H and O–H groups in total. The van der Waals surface area contributed by atoms with Crippen LogP contribution in [-0.2, 0) is 0 Å². The molecule has 0 aliphatic heterocycles. The number of aryl methyl sites for hydroxylation is 1. The van der Waals surface area contributed by atoms with Crippen molar-refractivity contribution in [1.29, 1.82) is 0 Å². The van der Waals surface area contributed by atoms with E-state index >= 15 is 0 Å². The minimum Gasteiger partial charge on any atom is -0.423 e. The number of rotatable bonds is 3. The molecule has 1 heterocycles. The Bertz CT molecular complexity index is 331. The molecule has 0 amide bonds. The van der Waals surface area contributed by atoms with Crippen LogP contribution in [0.3, 0.4) is 0 Å². The molecule has 0 spiro atoms. The largest absolute Gasteiger partial charge is 0.488 e. The number of aromatic amines is 1. The predicted octanol–water partition coefficient (Wildman–Crippen LogP) is 0.300. The summed E-state index contributed by atoms with van der Waals surface area (Å²) in [5, 5.41) is 24.3. The molecule has 4 nitrogen and oxygen atoms in total. The molecular formula is C8H11BN2O2. The van der Waals surface area contributed by atoms with Crippen LogP contribution in [0.1, 0.15) is 11.3 Å². The third-order valence-electron chi connectivity index (χ3n) is 1.71. The van der Waals surface area contributed by atoms with Crippen LogP contribution in [-0.4, -0.2) is 27.4 Å². The Kier molecular flexibility index (Phi) is 3.05. The molecule has 0 bridgehead atoms. The van der Waals surface area contributed by atoms with Crippen molar-refractivity contribution >= 4 is 13.2 Å². The average molecular weight is 178 g/mol. The molecule has 0 aliphatic rings. The van der Waals surface area contributed by atoms with Gasteiger partial charge in [0.2, 0.25) is 0 Å². The van der Waals surface area contributed by atoms with Crippen LogP contribution in [0.4, 0.5) is 0 Å². The Morgan fingerprint density at radius 2 is 2.38 bits per heavy atom. The second-order valence-electron chi connectivity index (χ2n) is 2.69. The standard InChI is InChI=1S/C8H11BN2O2/c1-3-7(9(12)13)4-8-6(2)5-10-11-8/h3-5,12-13H,1H2,2H3,(H,10,11)/b7-4+. The molecule has 0 saturated heterocycles. The summed E-state index contributed by atoms with van der Waals surface area (Å²) in [4.78, 5) is 0. The van der Waals surface area contributed by atoms with Gasteiger partial charge >= 0.3 is 7.12 Å². The SMILES string of the molecule is C=C/C(=C\c1[nH]ncc1C)B(O)O. The Labute approximate surface area is 76.8 Å². The van der Waals surface area contributed by atoms with Crippen LogP contribution in [0.15, 0.2) is 24.3 Å². The second-order valence-corrected chi connectivity index (χ2v) is 2.69. The van der Waals surface area contributed by atoms with Gasteiger partial charge in [-0.2, -0.15) is 5.10 Å². The van der Waals surface area contributed by atoms with Gasteiger partial charge in [-0.25, -0.2) is 0 Å². The van der Waals surface area contributed by atoms with Gasteiger partial charge in [-0.1, -0.05) is 12.7 Å². The predicted molar refractivity (Wildman–Crippen MR) is 51.7 cm³/mol. The van der Waals surface area contributed by atoms with Crippen molar-refractivity contribution in [2.24, 2.45) is 0 Å². The van der Waals surface area contributed by atoms with Crippen LogP contribution < -0.4 is 0 Å². The van der Waals surface area contributed by atoms with Gasteiger partial charge in [-0.05, 0) is 24.0 Å². The van der Waals surface area contributed by atoms with Crippen molar-refractivity contribution in [3.05, 3.63) is 35.6 Å². The van der Waals surface area contributed by atoms with E-state index < -0.39 is 7.12 Å². The first-order valence-electron chi connectivity index (χ1n) is 3.85. The molecule has 0 unspecified atom stereocenters. The van der Waals surface area contributed by atoms with Crippen molar-refractivity contribution in [2.75, 3.05) is 0 Å². The molecule has 0 aliphatic carbocycles. The average Bonchev–Trinajstić information content (AvgIpc) is 2.46. The summed E-state index contributed by atoms with van der Waals surface area (Å²) in [6.07, 6.45) is 4.65. The zero-order chi connectivity index (χ0) is 9.84. The Balaban J connectivity index is 2.98. The van der Waals surface area contributed by atoms with E-state index in [1.54, 1.807) is 12.3 Å².